The highest BCUT2D eigenvalue weighted by Crippen LogP contribution is 2.43. The normalized spacial score (nSPS) is 20.1. The Bertz CT molecular complexity index is 771. The van der Waals surface area contributed by atoms with Crippen LogP contribution >= 0.6 is 11.6 Å². The second kappa shape index (κ2) is 5.25. The number of amides is 1. The van der Waals surface area contributed by atoms with Crippen molar-refractivity contribution in [2.24, 2.45) is 0 Å². The molecule has 0 fully saturated rings. The monoisotopic (exact) mass is 313 g/mol. The van der Waals surface area contributed by atoms with Crippen LogP contribution in [0.2, 0.25) is 5.02 Å². The molecule has 1 atom stereocenters. The quantitative estimate of drug-likeness (QED) is 0.807. The van der Waals surface area contributed by atoms with Crippen LogP contribution in [0.4, 0.5) is 5.69 Å². The van der Waals surface area contributed by atoms with Crippen LogP contribution in [0.3, 0.4) is 0 Å². The van der Waals surface area contributed by atoms with Crippen LogP contribution in [-0.4, -0.2) is 18.7 Å². The lowest BCUT2D eigenvalue weighted by Gasteiger charge is -2.22. The average molecular weight is 314 g/mol. The van der Waals surface area contributed by atoms with E-state index >= 15 is 0 Å². The minimum absolute atomic E-state index is 0.0518. The van der Waals surface area contributed by atoms with Gasteiger partial charge in [0, 0.05) is 29.7 Å². The number of anilines is 1. The molecule has 3 nitrogen and oxygen atoms in total. The Kier molecular flexibility index (Phi) is 3.53. The van der Waals surface area contributed by atoms with Gasteiger partial charge in [0.05, 0.1) is 5.41 Å². The minimum Gasteiger partial charge on any atom is -0.314 e. The van der Waals surface area contributed by atoms with E-state index in [4.69, 9.17) is 11.6 Å². The van der Waals surface area contributed by atoms with E-state index in [1.54, 1.807) is 36.2 Å². The Morgan fingerprint density at radius 3 is 2.64 bits per heavy atom. The topological polar surface area (TPSA) is 37.4 Å². The maximum atomic E-state index is 12.7. The third-order valence-electron chi connectivity index (χ3n) is 4.30. The molecule has 1 heterocycles. The number of hydrogen-bond acceptors (Lipinski definition) is 2. The Morgan fingerprint density at radius 2 is 1.91 bits per heavy atom. The highest BCUT2D eigenvalue weighted by Gasteiger charge is 2.47. The molecule has 0 saturated carbocycles. The number of carbonyl (C=O) groups excluding carboxylic acids is 2. The van der Waals surface area contributed by atoms with Crippen LogP contribution in [0.5, 0.6) is 0 Å². The van der Waals surface area contributed by atoms with Gasteiger partial charge in [0.15, 0.2) is 5.78 Å². The van der Waals surface area contributed by atoms with E-state index in [0.29, 0.717) is 10.6 Å². The van der Waals surface area contributed by atoms with E-state index in [0.717, 1.165) is 11.3 Å². The van der Waals surface area contributed by atoms with E-state index in [1.807, 2.05) is 31.2 Å². The number of likely N-dealkylation sites (N-methyl/N-ethyl adjacent to an activating group) is 1. The van der Waals surface area contributed by atoms with E-state index in [2.05, 4.69) is 0 Å². The molecule has 112 valence electrons. The number of hydrogen-bond donors (Lipinski definition) is 0. The van der Waals surface area contributed by atoms with Gasteiger partial charge in [-0.1, -0.05) is 41.9 Å². The standard InChI is InChI=1S/C18H16ClNO2/c1-18(11-16(21)12-6-5-7-13(19)10-12)14-8-3-4-9-15(14)20(2)17(18)22/h3-10H,11H2,1-2H3. The van der Waals surface area contributed by atoms with Crippen LogP contribution in [0.25, 0.3) is 0 Å². The molecular weight excluding hydrogens is 298 g/mol. The number of ketones is 1. The van der Waals surface area contributed by atoms with Crippen molar-refractivity contribution in [3.05, 3.63) is 64.7 Å². The van der Waals surface area contributed by atoms with Crippen molar-refractivity contribution >= 4 is 29.0 Å². The first-order valence-electron chi connectivity index (χ1n) is 7.10. The van der Waals surface area contributed by atoms with Gasteiger partial charge in [-0.2, -0.15) is 0 Å². The Morgan fingerprint density at radius 1 is 1.18 bits per heavy atom. The minimum atomic E-state index is -0.829. The third kappa shape index (κ3) is 2.22. The van der Waals surface area contributed by atoms with Crippen molar-refractivity contribution in [1.29, 1.82) is 0 Å². The van der Waals surface area contributed by atoms with Gasteiger partial charge < -0.3 is 4.90 Å². The van der Waals surface area contributed by atoms with Gasteiger partial charge in [-0.05, 0) is 30.7 Å². The number of benzene rings is 2. The SMILES string of the molecule is CN1C(=O)C(C)(CC(=O)c2cccc(Cl)c2)c2ccccc21. The summed E-state index contributed by atoms with van der Waals surface area (Å²) in [4.78, 5) is 26.9. The molecule has 22 heavy (non-hydrogen) atoms. The van der Waals surface area contributed by atoms with Crippen LogP contribution in [0.15, 0.2) is 48.5 Å². The van der Waals surface area contributed by atoms with Gasteiger partial charge in [-0.25, -0.2) is 0 Å². The van der Waals surface area contributed by atoms with Crippen LogP contribution in [0, 0.1) is 0 Å². The molecule has 0 aliphatic carbocycles. The summed E-state index contributed by atoms with van der Waals surface area (Å²) < 4.78 is 0. The lowest BCUT2D eigenvalue weighted by Crippen LogP contribution is -2.37. The van der Waals surface area contributed by atoms with Crippen molar-refractivity contribution in [2.75, 3.05) is 11.9 Å². The van der Waals surface area contributed by atoms with Gasteiger partial charge in [-0.3, -0.25) is 9.59 Å². The largest absolute Gasteiger partial charge is 0.314 e. The molecule has 0 aromatic heterocycles. The number of para-hydroxylation sites is 1. The summed E-state index contributed by atoms with van der Waals surface area (Å²) in [6.07, 6.45) is 0.132. The van der Waals surface area contributed by atoms with Crippen molar-refractivity contribution in [1.82, 2.24) is 0 Å². The second-order valence-electron chi connectivity index (χ2n) is 5.82. The predicted octanol–water partition coefficient (Wildman–Crippen LogP) is 3.85. The molecular formula is C18H16ClNO2. The first-order valence-corrected chi connectivity index (χ1v) is 7.48. The van der Waals surface area contributed by atoms with E-state index in [9.17, 15) is 9.59 Å². The fraction of sp³-hybridized carbons (Fsp3) is 0.222. The molecule has 2 aromatic carbocycles. The summed E-state index contributed by atoms with van der Waals surface area (Å²) in [5, 5.41) is 0.520. The number of rotatable bonds is 3. The van der Waals surface area contributed by atoms with Crippen molar-refractivity contribution in [2.45, 2.75) is 18.8 Å². The van der Waals surface area contributed by atoms with E-state index in [1.165, 1.54) is 0 Å². The van der Waals surface area contributed by atoms with Crippen molar-refractivity contribution < 1.29 is 9.59 Å². The highest BCUT2D eigenvalue weighted by molar-refractivity contribution is 6.31. The summed E-state index contributed by atoms with van der Waals surface area (Å²) >= 11 is 5.95. The molecule has 1 unspecified atom stereocenters. The van der Waals surface area contributed by atoms with E-state index in [-0.39, 0.29) is 18.1 Å². The van der Waals surface area contributed by atoms with Gasteiger partial charge in [-0.15, -0.1) is 0 Å². The Labute approximate surface area is 134 Å². The molecule has 3 rings (SSSR count). The first kappa shape index (κ1) is 14.8. The fourth-order valence-electron chi connectivity index (χ4n) is 3.08. The molecule has 0 radical (unpaired) electrons. The van der Waals surface area contributed by atoms with Crippen LogP contribution in [0.1, 0.15) is 29.3 Å². The molecule has 1 amide bonds. The summed E-state index contributed by atoms with van der Waals surface area (Å²) in [6.45, 7) is 1.83. The molecule has 1 aliphatic heterocycles. The van der Waals surface area contributed by atoms with Crippen LogP contribution < -0.4 is 4.90 Å². The number of fused-ring (bicyclic) bond motifs is 1. The third-order valence-corrected chi connectivity index (χ3v) is 4.53. The van der Waals surface area contributed by atoms with Gasteiger partial charge in [0.1, 0.15) is 0 Å². The zero-order valence-electron chi connectivity index (χ0n) is 12.5. The predicted molar refractivity (Wildman–Crippen MR) is 87.6 cm³/mol. The Hall–Kier alpha value is -2.13. The second-order valence-corrected chi connectivity index (χ2v) is 6.26. The summed E-state index contributed by atoms with van der Waals surface area (Å²) in [5.41, 5.74) is 1.48. The van der Waals surface area contributed by atoms with Gasteiger partial charge in [0.25, 0.3) is 0 Å². The number of carbonyl (C=O) groups is 2. The Balaban J connectivity index is 1.98. The zero-order valence-corrected chi connectivity index (χ0v) is 13.2. The fourth-order valence-corrected chi connectivity index (χ4v) is 3.27. The lowest BCUT2D eigenvalue weighted by atomic mass is 9.78. The molecule has 0 spiro atoms. The summed E-state index contributed by atoms with van der Waals surface area (Å²) in [5.74, 6) is -0.132. The number of halogens is 1. The molecule has 4 heteroatoms. The highest BCUT2D eigenvalue weighted by atomic mass is 35.5. The van der Waals surface area contributed by atoms with Crippen molar-refractivity contribution in [3.8, 4) is 0 Å². The lowest BCUT2D eigenvalue weighted by molar-refractivity contribution is -0.122. The first-order chi connectivity index (χ1) is 10.4. The molecule has 2 aromatic rings. The maximum absolute atomic E-state index is 12.7. The molecule has 0 bridgehead atoms. The van der Waals surface area contributed by atoms with Crippen molar-refractivity contribution in [3.63, 3.8) is 0 Å². The van der Waals surface area contributed by atoms with Crippen LogP contribution in [-0.2, 0) is 10.2 Å². The zero-order chi connectivity index (χ0) is 15.9. The number of Topliss-reactive ketones (excluding diaryl/α,β-unsaturated/α-hetero) is 1. The van der Waals surface area contributed by atoms with Gasteiger partial charge in [0.2, 0.25) is 5.91 Å². The average Bonchev–Trinajstić information content (AvgIpc) is 2.70. The molecule has 0 saturated heterocycles. The maximum Gasteiger partial charge on any atom is 0.237 e. The van der Waals surface area contributed by atoms with Gasteiger partial charge >= 0.3 is 0 Å². The summed E-state index contributed by atoms with van der Waals surface area (Å²) in [6, 6.07) is 14.5. The van der Waals surface area contributed by atoms with E-state index < -0.39 is 5.41 Å². The molecule has 0 N–H and O–H groups in total. The molecule has 1 aliphatic rings. The summed E-state index contributed by atoms with van der Waals surface area (Å²) in [7, 11) is 1.75. The smallest absolute Gasteiger partial charge is 0.237 e. The number of nitrogens with zero attached hydrogens (tertiary/aromatic N) is 1.